The first kappa shape index (κ1) is 16.3. The van der Waals surface area contributed by atoms with Gasteiger partial charge in [-0.05, 0) is 63.9 Å². The van der Waals surface area contributed by atoms with Gasteiger partial charge in [0.15, 0.2) is 0 Å². The maximum Gasteiger partial charge on any atom is 0.0226 e. The van der Waals surface area contributed by atoms with Crippen LogP contribution in [-0.2, 0) is 0 Å². The molecule has 1 atom stereocenters. The average Bonchev–Trinajstić information content (AvgIpc) is 2.35. The van der Waals surface area contributed by atoms with E-state index in [4.69, 9.17) is 5.73 Å². The number of thioether (sulfide) groups is 1. The Morgan fingerprint density at radius 3 is 2.50 bits per heavy atom. The highest BCUT2D eigenvalue weighted by Gasteiger charge is 2.24. The van der Waals surface area contributed by atoms with Crippen LogP contribution in [0.3, 0.4) is 0 Å². The second-order valence-electron chi connectivity index (χ2n) is 5.62. The summed E-state index contributed by atoms with van der Waals surface area (Å²) in [6.07, 6.45) is 3.94. The Morgan fingerprint density at radius 2 is 2.00 bits per heavy atom. The van der Waals surface area contributed by atoms with Gasteiger partial charge in [-0.3, -0.25) is 4.90 Å². The van der Waals surface area contributed by atoms with E-state index in [1.54, 1.807) is 0 Å². The molecule has 1 unspecified atom stereocenters. The quantitative estimate of drug-likeness (QED) is 0.683. The van der Waals surface area contributed by atoms with Gasteiger partial charge in [0, 0.05) is 19.1 Å². The molecule has 1 aliphatic heterocycles. The second kappa shape index (κ2) is 9.18. The maximum absolute atomic E-state index is 5.94. The zero-order chi connectivity index (χ0) is 13.4. The minimum Gasteiger partial charge on any atom is -0.329 e. The van der Waals surface area contributed by atoms with Crippen LogP contribution in [0.15, 0.2) is 0 Å². The summed E-state index contributed by atoms with van der Waals surface area (Å²) >= 11 is 2.04. The van der Waals surface area contributed by atoms with Crippen LogP contribution in [0, 0.1) is 5.92 Å². The SMILES string of the molecule is CCSCCC(CN)N1CCC(CN(C)C)CC1. The van der Waals surface area contributed by atoms with Crippen LogP contribution in [0.1, 0.15) is 26.2 Å². The molecular formula is C14H31N3S. The van der Waals surface area contributed by atoms with Crippen molar-refractivity contribution in [2.24, 2.45) is 11.7 Å². The third-order valence-electron chi connectivity index (χ3n) is 3.86. The number of rotatable bonds is 8. The highest BCUT2D eigenvalue weighted by molar-refractivity contribution is 7.99. The predicted octanol–water partition coefficient (Wildman–Crippen LogP) is 1.73. The number of hydrogen-bond donors (Lipinski definition) is 1. The molecule has 0 bridgehead atoms. The smallest absolute Gasteiger partial charge is 0.0226 e. The Labute approximate surface area is 117 Å². The van der Waals surface area contributed by atoms with E-state index < -0.39 is 0 Å². The molecule has 1 rings (SSSR count). The van der Waals surface area contributed by atoms with Crippen LogP contribution >= 0.6 is 11.8 Å². The Balaban J connectivity index is 2.26. The van der Waals surface area contributed by atoms with Gasteiger partial charge in [0.1, 0.15) is 0 Å². The third-order valence-corrected chi connectivity index (χ3v) is 4.79. The van der Waals surface area contributed by atoms with E-state index in [9.17, 15) is 0 Å². The largest absolute Gasteiger partial charge is 0.329 e. The van der Waals surface area contributed by atoms with Gasteiger partial charge < -0.3 is 10.6 Å². The minimum atomic E-state index is 0.615. The zero-order valence-electron chi connectivity index (χ0n) is 12.4. The van der Waals surface area contributed by atoms with Gasteiger partial charge in [-0.25, -0.2) is 0 Å². The average molecular weight is 273 g/mol. The fourth-order valence-electron chi connectivity index (χ4n) is 2.83. The predicted molar refractivity (Wildman–Crippen MR) is 83.3 cm³/mol. The van der Waals surface area contributed by atoms with E-state index in [0.717, 1.165) is 12.5 Å². The molecule has 0 aromatic carbocycles. The van der Waals surface area contributed by atoms with Crippen LogP contribution in [0.4, 0.5) is 0 Å². The molecule has 2 N–H and O–H groups in total. The van der Waals surface area contributed by atoms with Crippen LogP contribution < -0.4 is 5.73 Å². The standard InChI is InChI=1S/C14H31N3S/c1-4-18-10-7-14(11-15)17-8-5-13(6-9-17)12-16(2)3/h13-14H,4-12,15H2,1-3H3. The van der Waals surface area contributed by atoms with E-state index in [-0.39, 0.29) is 0 Å². The molecule has 0 spiro atoms. The Kier molecular flexibility index (Phi) is 8.31. The Bertz CT molecular complexity index is 203. The van der Waals surface area contributed by atoms with Gasteiger partial charge >= 0.3 is 0 Å². The van der Waals surface area contributed by atoms with Crippen molar-refractivity contribution in [3.05, 3.63) is 0 Å². The van der Waals surface area contributed by atoms with Crippen LogP contribution in [-0.4, -0.2) is 67.6 Å². The summed E-state index contributed by atoms with van der Waals surface area (Å²) in [6.45, 7) is 6.79. The van der Waals surface area contributed by atoms with E-state index in [1.807, 2.05) is 11.8 Å². The maximum atomic E-state index is 5.94. The van der Waals surface area contributed by atoms with Crippen molar-refractivity contribution in [3.63, 3.8) is 0 Å². The molecule has 0 amide bonds. The van der Waals surface area contributed by atoms with Gasteiger partial charge in [-0.15, -0.1) is 0 Å². The first-order valence-corrected chi connectivity index (χ1v) is 8.49. The van der Waals surface area contributed by atoms with Crippen molar-refractivity contribution in [1.82, 2.24) is 9.80 Å². The lowest BCUT2D eigenvalue weighted by molar-refractivity contribution is 0.121. The van der Waals surface area contributed by atoms with E-state index in [2.05, 4.69) is 30.8 Å². The molecule has 1 aliphatic rings. The molecule has 0 aromatic heterocycles. The Hall–Kier alpha value is 0.230. The van der Waals surface area contributed by atoms with Gasteiger partial charge in [0.25, 0.3) is 0 Å². The molecule has 108 valence electrons. The lowest BCUT2D eigenvalue weighted by Crippen LogP contribution is -2.46. The Morgan fingerprint density at radius 1 is 1.33 bits per heavy atom. The molecular weight excluding hydrogens is 242 g/mol. The van der Waals surface area contributed by atoms with Crippen LogP contribution in [0.5, 0.6) is 0 Å². The van der Waals surface area contributed by atoms with Crippen molar-refractivity contribution in [3.8, 4) is 0 Å². The first-order valence-electron chi connectivity index (χ1n) is 7.34. The summed E-state index contributed by atoms with van der Waals surface area (Å²) in [7, 11) is 4.36. The monoisotopic (exact) mass is 273 g/mol. The summed E-state index contributed by atoms with van der Waals surface area (Å²) in [5, 5.41) is 0. The zero-order valence-corrected chi connectivity index (χ0v) is 13.2. The van der Waals surface area contributed by atoms with E-state index in [0.29, 0.717) is 6.04 Å². The highest BCUT2D eigenvalue weighted by Crippen LogP contribution is 2.21. The second-order valence-corrected chi connectivity index (χ2v) is 7.01. The lowest BCUT2D eigenvalue weighted by atomic mass is 9.95. The fourth-order valence-corrected chi connectivity index (χ4v) is 3.56. The fraction of sp³-hybridized carbons (Fsp3) is 1.00. The lowest BCUT2D eigenvalue weighted by Gasteiger charge is -2.38. The van der Waals surface area contributed by atoms with Gasteiger partial charge in [0.2, 0.25) is 0 Å². The molecule has 0 aromatic rings. The van der Waals surface area contributed by atoms with Crippen molar-refractivity contribution < 1.29 is 0 Å². The summed E-state index contributed by atoms with van der Waals surface area (Å²) in [6, 6.07) is 0.615. The molecule has 1 heterocycles. The normalized spacial score (nSPS) is 20.5. The van der Waals surface area contributed by atoms with Gasteiger partial charge in [-0.2, -0.15) is 11.8 Å². The number of likely N-dealkylation sites (tertiary alicyclic amines) is 1. The molecule has 0 saturated carbocycles. The molecule has 0 aliphatic carbocycles. The molecule has 3 nitrogen and oxygen atoms in total. The third kappa shape index (κ3) is 5.91. The molecule has 1 saturated heterocycles. The summed E-state index contributed by atoms with van der Waals surface area (Å²) in [5.41, 5.74) is 5.94. The van der Waals surface area contributed by atoms with Crippen LogP contribution in [0.2, 0.25) is 0 Å². The van der Waals surface area contributed by atoms with Crippen molar-refractivity contribution >= 4 is 11.8 Å². The number of piperidine rings is 1. The number of nitrogens with two attached hydrogens (primary N) is 1. The topological polar surface area (TPSA) is 32.5 Å². The number of nitrogens with zero attached hydrogens (tertiary/aromatic N) is 2. The molecule has 18 heavy (non-hydrogen) atoms. The van der Waals surface area contributed by atoms with Crippen LogP contribution in [0.25, 0.3) is 0 Å². The molecule has 0 radical (unpaired) electrons. The number of hydrogen-bond acceptors (Lipinski definition) is 4. The minimum absolute atomic E-state index is 0.615. The van der Waals surface area contributed by atoms with Crippen molar-refractivity contribution in [1.29, 1.82) is 0 Å². The van der Waals surface area contributed by atoms with Crippen molar-refractivity contribution in [2.75, 3.05) is 51.8 Å². The molecule has 1 fully saturated rings. The van der Waals surface area contributed by atoms with Crippen molar-refractivity contribution in [2.45, 2.75) is 32.2 Å². The highest BCUT2D eigenvalue weighted by atomic mass is 32.2. The summed E-state index contributed by atoms with van der Waals surface area (Å²) < 4.78 is 0. The summed E-state index contributed by atoms with van der Waals surface area (Å²) in [5.74, 6) is 3.37. The van der Waals surface area contributed by atoms with Gasteiger partial charge in [0.05, 0.1) is 0 Å². The first-order chi connectivity index (χ1) is 8.67. The van der Waals surface area contributed by atoms with Gasteiger partial charge in [-0.1, -0.05) is 6.92 Å². The van der Waals surface area contributed by atoms with E-state index in [1.165, 1.54) is 50.4 Å². The summed E-state index contributed by atoms with van der Waals surface area (Å²) in [4.78, 5) is 4.95. The van der Waals surface area contributed by atoms with E-state index >= 15 is 0 Å². The molecule has 4 heteroatoms.